The van der Waals surface area contributed by atoms with Crippen molar-refractivity contribution in [2.75, 3.05) is 31.2 Å². The molecule has 158 valence electrons. The van der Waals surface area contributed by atoms with Gasteiger partial charge in [0.15, 0.2) is 6.04 Å². The van der Waals surface area contributed by atoms with Crippen molar-refractivity contribution in [1.82, 2.24) is 5.32 Å². The number of nitro groups is 1. The van der Waals surface area contributed by atoms with E-state index in [2.05, 4.69) is 5.32 Å². The lowest BCUT2D eigenvalue weighted by Crippen LogP contribution is -2.37. The number of carboxylic acids is 1. The molecule has 1 amide bonds. The molecule has 1 fully saturated rings. The van der Waals surface area contributed by atoms with Crippen LogP contribution in [-0.2, 0) is 9.53 Å². The fourth-order valence-electron chi connectivity index (χ4n) is 3.11. The van der Waals surface area contributed by atoms with Gasteiger partial charge in [-0.3, -0.25) is 14.9 Å². The number of nitro benzene ring substituents is 1. The van der Waals surface area contributed by atoms with E-state index in [1.807, 2.05) is 0 Å². The maximum absolute atomic E-state index is 14.0. The third-order valence-corrected chi connectivity index (χ3v) is 4.58. The molecule has 1 aliphatic heterocycles. The number of aliphatic carboxylic acids is 1. The predicted molar refractivity (Wildman–Crippen MR) is 100 cm³/mol. The molecular weight excluding hydrogens is 404 g/mol. The Morgan fingerprint density at radius 1 is 1.17 bits per heavy atom. The third-order valence-electron chi connectivity index (χ3n) is 4.58. The number of morpholine rings is 1. The Bertz CT molecular complexity index is 994. The number of hydrogen-bond acceptors (Lipinski definition) is 6. The number of ether oxygens (including phenoxy) is 1. The molecule has 3 rings (SSSR count). The summed E-state index contributed by atoms with van der Waals surface area (Å²) in [4.78, 5) is 36.7. The first-order valence-corrected chi connectivity index (χ1v) is 8.87. The van der Waals surface area contributed by atoms with Crippen LogP contribution in [0.3, 0.4) is 0 Å². The number of amides is 1. The second-order valence-corrected chi connectivity index (χ2v) is 6.47. The molecule has 9 nitrogen and oxygen atoms in total. The molecule has 1 heterocycles. The van der Waals surface area contributed by atoms with E-state index in [0.717, 1.165) is 18.2 Å². The van der Waals surface area contributed by atoms with E-state index in [1.54, 1.807) is 4.90 Å². The second-order valence-electron chi connectivity index (χ2n) is 6.47. The first-order chi connectivity index (χ1) is 14.3. The zero-order valence-corrected chi connectivity index (χ0v) is 15.5. The fourth-order valence-corrected chi connectivity index (χ4v) is 3.11. The van der Waals surface area contributed by atoms with E-state index < -0.39 is 40.0 Å². The summed E-state index contributed by atoms with van der Waals surface area (Å²) in [5.74, 6) is -4.58. The van der Waals surface area contributed by atoms with Crippen LogP contribution >= 0.6 is 0 Å². The Balaban J connectivity index is 1.88. The van der Waals surface area contributed by atoms with Crippen molar-refractivity contribution >= 4 is 23.3 Å². The Labute approximate surface area is 169 Å². The summed E-state index contributed by atoms with van der Waals surface area (Å²) < 4.78 is 32.3. The van der Waals surface area contributed by atoms with Crippen molar-refractivity contribution in [2.24, 2.45) is 0 Å². The third kappa shape index (κ3) is 4.51. The molecule has 2 aromatic carbocycles. The predicted octanol–water partition coefficient (Wildman–Crippen LogP) is 2.27. The molecule has 0 saturated carbocycles. The summed E-state index contributed by atoms with van der Waals surface area (Å²) in [6, 6.07) is 4.20. The maximum atomic E-state index is 14.0. The van der Waals surface area contributed by atoms with E-state index in [-0.39, 0.29) is 11.3 Å². The summed E-state index contributed by atoms with van der Waals surface area (Å²) in [5, 5.41) is 23.0. The molecule has 2 N–H and O–H groups in total. The van der Waals surface area contributed by atoms with E-state index in [1.165, 1.54) is 12.1 Å². The van der Waals surface area contributed by atoms with Gasteiger partial charge in [-0.05, 0) is 18.2 Å². The van der Waals surface area contributed by atoms with E-state index in [4.69, 9.17) is 4.74 Å². The Morgan fingerprint density at radius 3 is 2.47 bits per heavy atom. The normalized spacial score (nSPS) is 14.8. The van der Waals surface area contributed by atoms with Crippen LogP contribution in [0, 0.1) is 21.7 Å². The summed E-state index contributed by atoms with van der Waals surface area (Å²) in [7, 11) is 0. The number of nitrogens with one attached hydrogen (secondary N) is 1. The van der Waals surface area contributed by atoms with Crippen LogP contribution in [0.15, 0.2) is 36.4 Å². The molecule has 0 aromatic heterocycles. The maximum Gasteiger partial charge on any atom is 0.331 e. The van der Waals surface area contributed by atoms with Gasteiger partial charge in [-0.1, -0.05) is 6.07 Å². The van der Waals surface area contributed by atoms with Gasteiger partial charge in [0, 0.05) is 36.3 Å². The van der Waals surface area contributed by atoms with Gasteiger partial charge in [-0.15, -0.1) is 0 Å². The van der Waals surface area contributed by atoms with Gasteiger partial charge in [0.1, 0.15) is 17.3 Å². The number of rotatable bonds is 6. The van der Waals surface area contributed by atoms with Gasteiger partial charge in [0.2, 0.25) is 0 Å². The highest BCUT2D eigenvalue weighted by Gasteiger charge is 2.28. The largest absolute Gasteiger partial charge is 0.479 e. The molecule has 0 bridgehead atoms. The molecule has 0 radical (unpaired) electrons. The minimum atomic E-state index is -1.81. The zero-order valence-electron chi connectivity index (χ0n) is 15.5. The topological polar surface area (TPSA) is 122 Å². The van der Waals surface area contributed by atoms with Gasteiger partial charge in [0.05, 0.1) is 18.1 Å². The van der Waals surface area contributed by atoms with Crippen molar-refractivity contribution < 1.29 is 33.1 Å². The first-order valence-electron chi connectivity index (χ1n) is 8.87. The molecule has 0 aliphatic carbocycles. The number of carboxylic acid groups (broad SMARTS) is 1. The molecule has 30 heavy (non-hydrogen) atoms. The lowest BCUT2D eigenvalue weighted by Gasteiger charge is -2.28. The Morgan fingerprint density at radius 2 is 1.87 bits per heavy atom. The number of carbonyl (C=O) groups excluding carboxylic acids is 1. The highest BCUT2D eigenvalue weighted by atomic mass is 19.1. The van der Waals surface area contributed by atoms with E-state index in [9.17, 15) is 33.6 Å². The Hall–Kier alpha value is -3.60. The molecule has 1 saturated heterocycles. The van der Waals surface area contributed by atoms with Crippen molar-refractivity contribution in [1.29, 1.82) is 0 Å². The smallest absolute Gasteiger partial charge is 0.331 e. The summed E-state index contributed by atoms with van der Waals surface area (Å²) >= 11 is 0. The van der Waals surface area contributed by atoms with Crippen LogP contribution in [-0.4, -0.2) is 48.2 Å². The van der Waals surface area contributed by atoms with Crippen LogP contribution in [0.2, 0.25) is 0 Å². The summed E-state index contributed by atoms with van der Waals surface area (Å²) in [5.41, 5.74) is -0.646. The number of halogens is 2. The molecule has 11 heteroatoms. The average molecular weight is 421 g/mol. The summed E-state index contributed by atoms with van der Waals surface area (Å²) in [6.07, 6.45) is 0. The summed E-state index contributed by atoms with van der Waals surface area (Å²) in [6.45, 7) is 1.69. The molecule has 0 spiro atoms. The first kappa shape index (κ1) is 21.1. The van der Waals surface area contributed by atoms with Crippen molar-refractivity contribution in [3.63, 3.8) is 0 Å². The Kier molecular flexibility index (Phi) is 6.21. The molecule has 2 aromatic rings. The molecule has 1 aliphatic rings. The van der Waals surface area contributed by atoms with Crippen LogP contribution in [0.1, 0.15) is 22.0 Å². The molecular formula is C19H17F2N3O6. The lowest BCUT2D eigenvalue weighted by molar-refractivity contribution is -0.384. The van der Waals surface area contributed by atoms with Gasteiger partial charge in [-0.25, -0.2) is 13.6 Å². The fraction of sp³-hybridized carbons (Fsp3) is 0.263. The highest BCUT2D eigenvalue weighted by Crippen LogP contribution is 2.30. The monoisotopic (exact) mass is 421 g/mol. The minimum absolute atomic E-state index is 0.174. The molecule has 1 atom stereocenters. The van der Waals surface area contributed by atoms with Gasteiger partial charge >= 0.3 is 5.97 Å². The van der Waals surface area contributed by atoms with E-state index >= 15 is 0 Å². The SMILES string of the molecule is O=C(NC(C(=O)O)c1ccc(F)cc1F)c1ccc(N2CCOCC2)c([N+](=O)[O-])c1. The quantitative estimate of drug-likeness (QED) is 0.542. The number of anilines is 1. The van der Waals surface area contributed by atoms with Gasteiger partial charge in [-0.2, -0.15) is 0 Å². The van der Waals surface area contributed by atoms with Crippen molar-refractivity contribution in [3.8, 4) is 0 Å². The number of benzene rings is 2. The van der Waals surface area contributed by atoms with Crippen molar-refractivity contribution in [3.05, 3.63) is 69.3 Å². The minimum Gasteiger partial charge on any atom is -0.479 e. The average Bonchev–Trinajstić information content (AvgIpc) is 2.72. The van der Waals surface area contributed by atoms with Gasteiger partial charge < -0.3 is 20.1 Å². The van der Waals surface area contributed by atoms with Crippen LogP contribution in [0.4, 0.5) is 20.2 Å². The van der Waals surface area contributed by atoms with Gasteiger partial charge in [0.25, 0.3) is 11.6 Å². The number of carbonyl (C=O) groups is 2. The second kappa shape index (κ2) is 8.82. The lowest BCUT2D eigenvalue weighted by atomic mass is 10.0. The van der Waals surface area contributed by atoms with Crippen LogP contribution < -0.4 is 10.2 Å². The van der Waals surface area contributed by atoms with Crippen LogP contribution in [0.25, 0.3) is 0 Å². The number of hydrogen-bond donors (Lipinski definition) is 2. The number of nitrogens with zero attached hydrogens (tertiary/aromatic N) is 2. The highest BCUT2D eigenvalue weighted by molar-refractivity contribution is 5.98. The van der Waals surface area contributed by atoms with Crippen molar-refractivity contribution in [2.45, 2.75) is 6.04 Å². The zero-order chi connectivity index (χ0) is 21.8. The van der Waals surface area contributed by atoms with Crippen LogP contribution in [0.5, 0.6) is 0 Å². The standard InChI is InChI=1S/C19H17F2N3O6/c20-12-2-3-13(14(21)10-12)17(19(26)27)22-18(25)11-1-4-15(16(9-11)24(28)29)23-5-7-30-8-6-23/h1-4,9-10,17H,5-8H2,(H,22,25)(H,26,27). The molecule has 1 unspecified atom stereocenters. The van der Waals surface area contributed by atoms with E-state index in [0.29, 0.717) is 38.1 Å².